The highest BCUT2D eigenvalue weighted by Crippen LogP contribution is 2.43. The van der Waals surface area contributed by atoms with Gasteiger partial charge in [0.15, 0.2) is 5.78 Å². The number of carbonyl (C=O) groups excluding carboxylic acids is 1. The summed E-state index contributed by atoms with van der Waals surface area (Å²) in [5.74, 6) is 0.192. The number of aryl methyl sites for hydroxylation is 1. The molecule has 1 aliphatic carbocycles. The molecule has 4 heteroatoms. The fourth-order valence-corrected chi connectivity index (χ4v) is 2.43. The molecule has 0 amide bonds. The summed E-state index contributed by atoms with van der Waals surface area (Å²) in [6.45, 7) is 3.60. The van der Waals surface area contributed by atoms with E-state index in [1.807, 2.05) is 10.9 Å². The predicted molar refractivity (Wildman–Crippen MR) is 66.8 cm³/mol. The number of carbonyl (C=O) groups is 1. The molecule has 2 rings (SSSR count). The van der Waals surface area contributed by atoms with Crippen molar-refractivity contribution < 1.29 is 4.79 Å². The van der Waals surface area contributed by atoms with Gasteiger partial charge in [0.25, 0.3) is 0 Å². The highest BCUT2D eigenvalue weighted by atomic mass is 16.1. The number of rotatable bonds is 6. The number of ketones is 1. The summed E-state index contributed by atoms with van der Waals surface area (Å²) in [5, 5.41) is 4.19. The van der Waals surface area contributed by atoms with Crippen molar-refractivity contribution in [1.29, 1.82) is 0 Å². The van der Waals surface area contributed by atoms with Crippen LogP contribution in [0.15, 0.2) is 12.4 Å². The highest BCUT2D eigenvalue weighted by molar-refractivity contribution is 5.96. The van der Waals surface area contributed by atoms with E-state index >= 15 is 0 Å². The summed E-state index contributed by atoms with van der Waals surface area (Å²) in [7, 11) is 0. The molecule has 0 bridgehead atoms. The molecule has 1 heterocycles. The Morgan fingerprint density at radius 2 is 2.35 bits per heavy atom. The summed E-state index contributed by atoms with van der Waals surface area (Å²) >= 11 is 0. The maximum atomic E-state index is 12.1. The summed E-state index contributed by atoms with van der Waals surface area (Å²) in [6, 6.07) is 0. The minimum Gasteiger partial charge on any atom is -0.330 e. The van der Waals surface area contributed by atoms with E-state index in [4.69, 9.17) is 5.73 Å². The van der Waals surface area contributed by atoms with Crippen LogP contribution in [0.4, 0.5) is 0 Å². The Bertz CT molecular complexity index is 388. The second-order valence-corrected chi connectivity index (χ2v) is 5.15. The van der Waals surface area contributed by atoms with Gasteiger partial charge in [0.1, 0.15) is 0 Å². The molecule has 0 unspecified atom stereocenters. The maximum absolute atomic E-state index is 12.1. The van der Waals surface area contributed by atoms with E-state index < -0.39 is 0 Å². The van der Waals surface area contributed by atoms with Gasteiger partial charge in [-0.3, -0.25) is 9.48 Å². The zero-order valence-corrected chi connectivity index (χ0v) is 10.5. The average molecular weight is 235 g/mol. The molecule has 1 fully saturated rings. The molecule has 0 aromatic carbocycles. The van der Waals surface area contributed by atoms with E-state index in [-0.39, 0.29) is 11.2 Å². The Morgan fingerprint density at radius 1 is 1.59 bits per heavy atom. The molecule has 17 heavy (non-hydrogen) atoms. The third kappa shape index (κ3) is 2.57. The number of Topliss-reactive ketones (excluding diaryl/α,β-unsaturated/α-hetero) is 1. The molecule has 1 aromatic heterocycles. The summed E-state index contributed by atoms with van der Waals surface area (Å²) < 4.78 is 1.84. The van der Waals surface area contributed by atoms with Crippen molar-refractivity contribution in [2.45, 2.75) is 45.6 Å². The van der Waals surface area contributed by atoms with Crippen molar-refractivity contribution in [1.82, 2.24) is 9.78 Å². The topological polar surface area (TPSA) is 60.9 Å². The van der Waals surface area contributed by atoms with Crippen LogP contribution in [0.2, 0.25) is 0 Å². The van der Waals surface area contributed by atoms with Gasteiger partial charge in [-0.05, 0) is 31.2 Å². The number of nitrogens with zero attached hydrogens (tertiary/aromatic N) is 2. The van der Waals surface area contributed by atoms with E-state index in [1.165, 1.54) is 6.42 Å². The van der Waals surface area contributed by atoms with Gasteiger partial charge in [0.05, 0.1) is 11.8 Å². The van der Waals surface area contributed by atoms with Crippen LogP contribution in [0.3, 0.4) is 0 Å². The SMILES string of the molecule is CCCn1cc(C(=O)CC2(CN)CCC2)cn1. The Balaban J connectivity index is 1.99. The Morgan fingerprint density at radius 3 is 2.88 bits per heavy atom. The normalized spacial score (nSPS) is 17.8. The minimum atomic E-state index is 0.0872. The third-order valence-electron chi connectivity index (χ3n) is 3.79. The standard InChI is InChI=1S/C13H21N3O/c1-2-6-16-9-11(8-15-16)12(17)7-13(10-14)4-3-5-13/h8-9H,2-7,10,14H2,1H3. The largest absolute Gasteiger partial charge is 0.330 e. The van der Waals surface area contributed by atoms with Crippen LogP contribution < -0.4 is 5.73 Å². The quantitative estimate of drug-likeness (QED) is 0.767. The summed E-state index contributed by atoms with van der Waals surface area (Å²) in [4.78, 5) is 12.1. The predicted octanol–water partition coefficient (Wildman–Crippen LogP) is 1.99. The zero-order chi connectivity index (χ0) is 12.3. The van der Waals surface area contributed by atoms with Crippen molar-refractivity contribution in [3.8, 4) is 0 Å². The molecule has 1 aliphatic rings. The number of aromatic nitrogens is 2. The van der Waals surface area contributed by atoms with Crippen LogP contribution in [-0.2, 0) is 6.54 Å². The van der Waals surface area contributed by atoms with Crippen molar-refractivity contribution in [2.24, 2.45) is 11.1 Å². The van der Waals surface area contributed by atoms with Crippen LogP contribution in [0, 0.1) is 5.41 Å². The highest BCUT2D eigenvalue weighted by Gasteiger charge is 2.37. The van der Waals surface area contributed by atoms with Crippen molar-refractivity contribution in [2.75, 3.05) is 6.54 Å². The van der Waals surface area contributed by atoms with Gasteiger partial charge in [-0.1, -0.05) is 13.3 Å². The van der Waals surface area contributed by atoms with Crippen LogP contribution in [-0.4, -0.2) is 22.1 Å². The van der Waals surface area contributed by atoms with Crippen LogP contribution in [0.25, 0.3) is 0 Å². The molecular formula is C13H21N3O. The second-order valence-electron chi connectivity index (χ2n) is 5.15. The van der Waals surface area contributed by atoms with E-state index in [1.54, 1.807) is 6.20 Å². The van der Waals surface area contributed by atoms with E-state index in [0.29, 0.717) is 13.0 Å². The molecular weight excluding hydrogens is 214 g/mol. The molecule has 0 atom stereocenters. The lowest BCUT2D eigenvalue weighted by Gasteiger charge is -2.40. The van der Waals surface area contributed by atoms with E-state index in [2.05, 4.69) is 12.0 Å². The molecule has 0 aliphatic heterocycles. The van der Waals surface area contributed by atoms with Gasteiger partial charge in [-0.25, -0.2) is 0 Å². The van der Waals surface area contributed by atoms with Crippen LogP contribution >= 0.6 is 0 Å². The number of hydrogen-bond donors (Lipinski definition) is 1. The molecule has 0 saturated heterocycles. The lowest BCUT2D eigenvalue weighted by Crippen LogP contribution is -2.39. The van der Waals surface area contributed by atoms with Gasteiger partial charge < -0.3 is 5.73 Å². The zero-order valence-electron chi connectivity index (χ0n) is 10.5. The van der Waals surface area contributed by atoms with Crippen molar-refractivity contribution in [3.63, 3.8) is 0 Å². The Labute approximate surface area is 102 Å². The van der Waals surface area contributed by atoms with E-state index in [9.17, 15) is 4.79 Å². The Hall–Kier alpha value is -1.16. The Kier molecular flexibility index (Phi) is 3.62. The molecule has 2 N–H and O–H groups in total. The van der Waals surface area contributed by atoms with Gasteiger partial charge in [0.2, 0.25) is 0 Å². The fourth-order valence-electron chi connectivity index (χ4n) is 2.43. The van der Waals surface area contributed by atoms with Gasteiger partial charge in [0, 0.05) is 19.2 Å². The lowest BCUT2D eigenvalue weighted by molar-refractivity contribution is 0.0786. The molecule has 1 saturated carbocycles. The summed E-state index contributed by atoms with van der Waals surface area (Å²) in [5.41, 5.74) is 6.60. The molecule has 94 valence electrons. The van der Waals surface area contributed by atoms with Gasteiger partial charge in [-0.15, -0.1) is 0 Å². The van der Waals surface area contributed by atoms with E-state index in [0.717, 1.165) is 31.4 Å². The molecule has 4 nitrogen and oxygen atoms in total. The first-order valence-electron chi connectivity index (χ1n) is 6.45. The first kappa shape index (κ1) is 12.3. The van der Waals surface area contributed by atoms with Crippen LogP contribution in [0.1, 0.15) is 49.4 Å². The average Bonchev–Trinajstić information content (AvgIpc) is 2.72. The van der Waals surface area contributed by atoms with Crippen LogP contribution in [0.5, 0.6) is 0 Å². The molecule has 1 aromatic rings. The molecule has 0 radical (unpaired) electrons. The van der Waals surface area contributed by atoms with Gasteiger partial charge >= 0.3 is 0 Å². The first-order valence-corrected chi connectivity index (χ1v) is 6.45. The molecule has 0 spiro atoms. The summed E-state index contributed by atoms with van der Waals surface area (Å²) in [6.07, 6.45) is 8.55. The monoisotopic (exact) mass is 235 g/mol. The fraction of sp³-hybridized carbons (Fsp3) is 0.692. The minimum absolute atomic E-state index is 0.0872. The third-order valence-corrected chi connectivity index (χ3v) is 3.79. The first-order chi connectivity index (χ1) is 8.19. The number of hydrogen-bond acceptors (Lipinski definition) is 3. The lowest BCUT2D eigenvalue weighted by atomic mass is 9.65. The van der Waals surface area contributed by atoms with Gasteiger partial charge in [-0.2, -0.15) is 5.10 Å². The number of nitrogens with two attached hydrogens (primary N) is 1. The van der Waals surface area contributed by atoms with Crippen molar-refractivity contribution in [3.05, 3.63) is 18.0 Å². The maximum Gasteiger partial charge on any atom is 0.166 e. The smallest absolute Gasteiger partial charge is 0.166 e. The second kappa shape index (κ2) is 5.00. The van der Waals surface area contributed by atoms with Crippen molar-refractivity contribution >= 4 is 5.78 Å².